The van der Waals surface area contributed by atoms with Crippen molar-refractivity contribution in [1.29, 1.82) is 0 Å². The molecule has 0 N–H and O–H groups in total. The molecule has 2 saturated carbocycles. The Labute approximate surface area is 209 Å². The maximum Gasteiger partial charge on any atom is 0.269 e. The van der Waals surface area contributed by atoms with E-state index in [0.29, 0.717) is 15.7 Å². The van der Waals surface area contributed by atoms with Crippen molar-refractivity contribution in [3.8, 4) is 0 Å². The van der Waals surface area contributed by atoms with Crippen LogP contribution < -0.4 is 0 Å². The maximum atomic E-state index is 12.9. The normalized spacial score (nSPS) is 28.5. The minimum absolute atomic E-state index is 0.0388. The molecule has 7 nitrogen and oxygen atoms in total. The van der Waals surface area contributed by atoms with E-state index in [9.17, 15) is 22.7 Å². The third kappa shape index (κ3) is 5.42. The topological polar surface area (TPSA) is 104 Å². The SMILES string of the molecule is C[C@@H](/C=C/S(=O)(=O)c1ccccc1)[C@H]1CC[C@H]2[C@@H](OS(=O)c3ccc([N+](=O)[O-])cc3)CCC[C@]12C. The van der Waals surface area contributed by atoms with Crippen molar-refractivity contribution in [2.75, 3.05) is 0 Å². The van der Waals surface area contributed by atoms with Gasteiger partial charge in [0.1, 0.15) is 0 Å². The summed E-state index contributed by atoms with van der Waals surface area (Å²) in [7, 11) is -3.49. The van der Waals surface area contributed by atoms with Gasteiger partial charge in [-0.05, 0) is 73.1 Å². The number of sulfone groups is 1. The predicted molar refractivity (Wildman–Crippen MR) is 134 cm³/mol. The Hall–Kier alpha value is -2.36. The van der Waals surface area contributed by atoms with Crippen molar-refractivity contribution in [2.45, 2.75) is 61.8 Å². The van der Waals surface area contributed by atoms with E-state index in [-0.39, 0.29) is 29.0 Å². The zero-order valence-corrected chi connectivity index (χ0v) is 21.5. The number of allylic oxidation sites excluding steroid dienone is 1. The molecule has 0 aliphatic heterocycles. The Morgan fingerprint density at radius 1 is 1.11 bits per heavy atom. The fourth-order valence-electron chi connectivity index (χ4n) is 6.04. The molecular weight excluding hydrogens is 486 g/mol. The minimum Gasteiger partial charge on any atom is -0.283 e. The first-order chi connectivity index (χ1) is 16.6. The van der Waals surface area contributed by atoms with Crippen LogP contribution in [0.15, 0.2) is 75.9 Å². The Morgan fingerprint density at radius 3 is 2.46 bits per heavy atom. The molecule has 0 radical (unpaired) electrons. The van der Waals surface area contributed by atoms with Crippen LogP contribution in [0.2, 0.25) is 0 Å². The monoisotopic (exact) mass is 517 g/mol. The molecule has 0 heterocycles. The minimum atomic E-state index is -3.49. The standard InChI is InChI=1S/C26H31NO6S2/c1-19(16-18-35(31,32)22-7-4-3-5-8-22)23-14-15-24-25(9-6-17-26(23,24)2)33-34(30)21-12-10-20(11-13-21)27(28)29/h3-5,7-8,10-13,16,18-19,23-25H,6,9,14-15,17H2,1-2H3/b18-16+/t19-,23+,24-,25-,26+,34?/m0/s1. The quantitative estimate of drug-likeness (QED) is 0.322. The lowest BCUT2D eigenvalue weighted by molar-refractivity contribution is -0.384. The molecule has 0 spiro atoms. The van der Waals surface area contributed by atoms with Gasteiger partial charge in [-0.15, -0.1) is 0 Å². The Balaban J connectivity index is 1.45. The first-order valence-electron chi connectivity index (χ1n) is 11.9. The summed E-state index contributed by atoms with van der Waals surface area (Å²) in [6, 6.07) is 14.1. The average molecular weight is 518 g/mol. The molecule has 6 atom stereocenters. The summed E-state index contributed by atoms with van der Waals surface area (Å²) < 4.78 is 44.3. The molecule has 0 amide bonds. The molecule has 188 valence electrons. The number of hydrogen-bond acceptors (Lipinski definition) is 6. The molecule has 2 aliphatic rings. The predicted octanol–water partition coefficient (Wildman–Crippen LogP) is 5.84. The molecule has 0 aromatic heterocycles. The molecule has 4 rings (SSSR count). The van der Waals surface area contributed by atoms with Crippen LogP contribution in [0.25, 0.3) is 0 Å². The first kappa shape index (κ1) is 25.7. The fourth-order valence-corrected chi connectivity index (χ4v) is 8.11. The van der Waals surface area contributed by atoms with Gasteiger partial charge in [0.25, 0.3) is 5.69 Å². The van der Waals surface area contributed by atoms with Gasteiger partial charge in [0.05, 0.1) is 20.8 Å². The van der Waals surface area contributed by atoms with Crippen molar-refractivity contribution in [3.05, 3.63) is 76.2 Å². The van der Waals surface area contributed by atoms with Crippen molar-refractivity contribution < 1.29 is 21.7 Å². The van der Waals surface area contributed by atoms with E-state index in [1.165, 1.54) is 29.7 Å². The summed E-state index contributed by atoms with van der Waals surface area (Å²) in [5.41, 5.74) is -0.0889. The summed E-state index contributed by atoms with van der Waals surface area (Å²) in [6.07, 6.45) is 6.34. The number of hydrogen-bond donors (Lipinski definition) is 0. The third-order valence-electron chi connectivity index (χ3n) is 7.85. The summed E-state index contributed by atoms with van der Waals surface area (Å²) >= 11 is -1.70. The lowest BCUT2D eigenvalue weighted by atomic mass is 9.62. The number of nitrogens with zero attached hydrogens (tertiary/aromatic N) is 1. The number of non-ortho nitro benzene ring substituents is 1. The zero-order chi connectivity index (χ0) is 25.2. The molecule has 0 saturated heterocycles. The second-order valence-corrected chi connectivity index (χ2v) is 12.8. The lowest BCUT2D eigenvalue weighted by Gasteiger charge is -2.45. The number of fused-ring (bicyclic) bond motifs is 1. The fraction of sp³-hybridized carbons (Fsp3) is 0.462. The molecule has 2 aromatic carbocycles. The second-order valence-electron chi connectivity index (χ2n) is 9.85. The van der Waals surface area contributed by atoms with E-state index in [1.54, 1.807) is 30.3 Å². The van der Waals surface area contributed by atoms with Crippen LogP contribution >= 0.6 is 0 Å². The summed E-state index contributed by atoms with van der Waals surface area (Å²) in [5.74, 6) is 0.598. The molecule has 0 bridgehead atoms. The summed E-state index contributed by atoms with van der Waals surface area (Å²) in [5, 5.41) is 12.2. The smallest absolute Gasteiger partial charge is 0.269 e. The van der Waals surface area contributed by atoms with Crippen LogP contribution in [-0.2, 0) is 25.1 Å². The molecule has 9 heteroatoms. The molecule has 2 aliphatic carbocycles. The average Bonchev–Trinajstić information content (AvgIpc) is 3.21. The van der Waals surface area contributed by atoms with Crippen LogP contribution in [0.5, 0.6) is 0 Å². The lowest BCUT2D eigenvalue weighted by Crippen LogP contribution is -2.42. The van der Waals surface area contributed by atoms with Crippen LogP contribution in [-0.4, -0.2) is 23.7 Å². The number of benzene rings is 2. The van der Waals surface area contributed by atoms with Gasteiger partial charge in [0.15, 0.2) is 20.9 Å². The van der Waals surface area contributed by atoms with Gasteiger partial charge in [-0.25, -0.2) is 12.6 Å². The first-order valence-corrected chi connectivity index (χ1v) is 14.6. The van der Waals surface area contributed by atoms with Crippen molar-refractivity contribution >= 4 is 26.6 Å². The van der Waals surface area contributed by atoms with E-state index in [2.05, 4.69) is 13.8 Å². The summed E-state index contributed by atoms with van der Waals surface area (Å²) in [6.45, 7) is 4.34. The van der Waals surface area contributed by atoms with Crippen molar-refractivity contribution in [2.24, 2.45) is 23.2 Å². The largest absolute Gasteiger partial charge is 0.283 e. The zero-order valence-electron chi connectivity index (χ0n) is 19.9. The third-order valence-corrected chi connectivity index (χ3v) is 10.4. The Morgan fingerprint density at radius 2 is 1.80 bits per heavy atom. The number of rotatable bonds is 8. The highest BCUT2D eigenvalue weighted by molar-refractivity contribution is 7.94. The van der Waals surface area contributed by atoms with Gasteiger partial charge in [-0.1, -0.05) is 44.5 Å². The Kier molecular flexibility index (Phi) is 7.59. The van der Waals surface area contributed by atoms with E-state index in [0.717, 1.165) is 32.1 Å². The van der Waals surface area contributed by atoms with E-state index in [1.807, 2.05) is 6.08 Å². The van der Waals surface area contributed by atoms with E-state index >= 15 is 0 Å². The van der Waals surface area contributed by atoms with Crippen LogP contribution in [0.3, 0.4) is 0 Å². The van der Waals surface area contributed by atoms with Crippen LogP contribution in [0.1, 0.15) is 46.0 Å². The van der Waals surface area contributed by atoms with Gasteiger partial charge in [0, 0.05) is 17.5 Å². The summed E-state index contributed by atoms with van der Waals surface area (Å²) in [4.78, 5) is 11.1. The van der Waals surface area contributed by atoms with Gasteiger partial charge in [-0.2, -0.15) is 0 Å². The van der Waals surface area contributed by atoms with Crippen LogP contribution in [0.4, 0.5) is 5.69 Å². The van der Waals surface area contributed by atoms with E-state index < -0.39 is 25.8 Å². The van der Waals surface area contributed by atoms with Gasteiger partial charge in [0.2, 0.25) is 0 Å². The highest BCUT2D eigenvalue weighted by atomic mass is 32.2. The van der Waals surface area contributed by atoms with Gasteiger partial charge >= 0.3 is 0 Å². The molecule has 1 unspecified atom stereocenters. The number of nitro benzene ring substituents is 1. The number of nitro groups is 1. The molecular formula is C26H31NO6S2. The maximum absolute atomic E-state index is 12.9. The highest BCUT2D eigenvalue weighted by Crippen LogP contribution is 2.58. The molecule has 2 fully saturated rings. The van der Waals surface area contributed by atoms with Crippen molar-refractivity contribution in [3.63, 3.8) is 0 Å². The second kappa shape index (κ2) is 10.3. The molecule has 35 heavy (non-hydrogen) atoms. The van der Waals surface area contributed by atoms with Gasteiger partial charge < -0.3 is 0 Å². The van der Waals surface area contributed by atoms with E-state index in [4.69, 9.17) is 4.18 Å². The Bertz CT molecular complexity index is 1210. The highest BCUT2D eigenvalue weighted by Gasteiger charge is 2.53. The molecule has 2 aromatic rings. The van der Waals surface area contributed by atoms with Crippen LogP contribution in [0, 0.1) is 33.3 Å². The van der Waals surface area contributed by atoms with Gasteiger partial charge in [-0.3, -0.25) is 14.3 Å². The van der Waals surface area contributed by atoms with Crippen molar-refractivity contribution in [1.82, 2.24) is 0 Å².